The maximum Gasteiger partial charge on any atom is 0.300 e. The molecule has 4 aromatic rings. The van der Waals surface area contributed by atoms with Crippen molar-refractivity contribution in [1.29, 1.82) is 0 Å². The van der Waals surface area contributed by atoms with Crippen LogP contribution < -0.4 is 10.2 Å². The minimum Gasteiger partial charge on any atom is -0.423 e. The summed E-state index contributed by atoms with van der Waals surface area (Å²) >= 11 is 0. The van der Waals surface area contributed by atoms with Crippen LogP contribution in [0.4, 0.5) is 17.4 Å². The number of hydrogen-bond acceptors (Lipinski definition) is 6. The van der Waals surface area contributed by atoms with E-state index in [1.807, 2.05) is 12.1 Å². The Morgan fingerprint density at radius 2 is 1.81 bits per heavy atom. The topological polar surface area (TPSA) is 61.6 Å². The number of rotatable bonds is 7. The van der Waals surface area contributed by atoms with Gasteiger partial charge < -0.3 is 14.6 Å². The van der Waals surface area contributed by atoms with Gasteiger partial charge in [0, 0.05) is 72.0 Å². The maximum absolute atomic E-state index is 11.7. The van der Waals surface area contributed by atoms with E-state index in [1.165, 1.54) is 24.1 Å². The van der Waals surface area contributed by atoms with Crippen molar-refractivity contribution in [3.05, 3.63) is 71.3 Å². The zero-order chi connectivity index (χ0) is 25.5. The van der Waals surface area contributed by atoms with Gasteiger partial charge in [-0.25, -0.2) is 0 Å². The van der Waals surface area contributed by atoms with Crippen LogP contribution in [0.2, 0.25) is 0 Å². The lowest BCUT2D eigenvalue weighted by Crippen LogP contribution is -2.47. The zero-order valence-electron chi connectivity index (χ0n) is 21.8. The van der Waals surface area contributed by atoms with Crippen molar-refractivity contribution in [2.24, 2.45) is 0 Å². The van der Waals surface area contributed by atoms with Crippen LogP contribution in [0.3, 0.4) is 0 Å². The van der Waals surface area contributed by atoms with Crippen molar-refractivity contribution in [2.75, 3.05) is 42.7 Å². The number of nitrogens with zero attached hydrogens (tertiary/aromatic N) is 3. The highest BCUT2D eigenvalue weighted by Crippen LogP contribution is 2.34. The van der Waals surface area contributed by atoms with Gasteiger partial charge in [-0.15, -0.1) is 0 Å². The summed E-state index contributed by atoms with van der Waals surface area (Å²) in [5, 5.41) is 3.38. The minimum absolute atomic E-state index is 0.488. The van der Waals surface area contributed by atoms with Gasteiger partial charge in [0.1, 0.15) is 5.52 Å². The summed E-state index contributed by atoms with van der Waals surface area (Å²) in [5.41, 5.74) is 9.43. The molecular formula is C30H34N4O2S. The quantitative estimate of drug-likeness (QED) is 0.326. The highest BCUT2D eigenvalue weighted by atomic mass is 32.2. The summed E-state index contributed by atoms with van der Waals surface area (Å²) in [6, 6.07) is 20.2. The van der Waals surface area contributed by atoms with E-state index in [1.54, 1.807) is 6.26 Å². The van der Waals surface area contributed by atoms with Crippen LogP contribution in [0.25, 0.3) is 22.2 Å². The highest BCUT2D eigenvalue weighted by molar-refractivity contribution is 7.83. The van der Waals surface area contributed by atoms with E-state index in [2.05, 4.69) is 71.4 Å². The van der Waals surface area contributed by atoms with Crippen molar-refractivity contribution in [2.45, 2.75) is 38.5 Å². The van der Waals surface area contributed by atoms with Crippen LogP contribution >= 0.6 is 0 Å². The summed E-state index contributed by atoms with van der Waals surface area (Å²) in [6.45, 7) is 8.76. The number of fused-ring (bicyclic) bond motifs is 1. The molecule has 6 nitrogen and oxygen atoms in total. The van der Waals surface area contributed by atoms with Gasteiger partial charge in [0.05, 0.1) is 0 Å². The summed E-state index contributed by atoms with van der Waals surface area (Å²) in [7, 11) is -0.864. The van der Waals surface area contributed by atoms with Crippen molar-refractivity contribution >= 4 is 39.3 Å². The molecule has 1 unspecified atom stereocenters. The molecule has 2 fully saturated rings. The second kappa shape index (κ2) is 9.95. The van der Waals surface area contributed by atoms with E-state index in [-0.39, 0.29) is 0 Å². The SMILES string of the molecule is Cc1cc(-c2cccc3nc(Nc4ccc(N5CCN(C6CC6)CC5)c(C)c4)oc23)ccc1CS(C)=O. The average molecular weight is 515 g/mol. The molecule has 0 spiro atoms. The predicted molar refractivity (Wildman–Crippen MR) is 153 cm³/mol. The fraction of sp³-hybridized carbons (Fsp3) is 0.367. The third-order valence-corrected chi connectivity index (χ3v) is 8.31. The van der Waals surface area contributed by atoms with Crippen LogP contribution in [-0.4, -0.2) is 52.6 Å². The van der Waals surface area contributed by atoms with Crippen LogP contribution in [0.5, 0.6) is 0 Å². The fourth-order valence-corrected chi connectivity index (χ4v) is 6.22. The molecule has 1 aromatic heterocycles. The number of benzene rings is 3. The standard InChI is InChI=1S/C30H34N4O2S/c1-20-17-22(7-8-23(20)19-37(3)35)26-5-4-6-27-29(26)36-30(32-27)31-24-9-12-28(21(2)18-24)34-15-13-33(14-16-34)25-10-11-25/h4-9,12,17-18,25H,10-11,13-16,19H2,1-3H3,(H,31,32). The molecule has 1 aliphatic heterocycles. The first kappa shape index (κ1) is 24.2. The largest absolute Gasteiger partial charge is 0.423 e. The van der Waals surface area contributed by atoms with Crippen LogP contribution in [-0.2, 0) is 16.6 Å². The number of para-hydroxylation sites is 1. The lowest BCUT2D eigenvalue weighted by atomic mass is 10.00. The molecule has 37 heavy (non-hydrogen) atoms. The van der Waals surface area contributed by atoms with Crippen LogP contribution in [0.15, 0.2) is 59.0 Å². The molecule has 0 amide bonds. The summed E-state index contributed by atoms with van der Waals surface area (Å²) in [5.74, 6) is 0.571. The monoisotopic (exact) mass is 514 g/mol. The van der Waals surface area contributed by atoms with E-state index in [0.717, 1.165) is 71.3 Å². The van der Waals surface area contributed by atoms with E-state index in [9.17, 15) is 4.21 Å². The summed E-state index contributed by atoms with van der Waals surface area (Å²) in [4.78, 5) is 9.87. The normalized spacial score (nSPS) is 17.3. The van der Waals surface area contributed by atoms with E-state index in [4.69, 9.17) is 9.40 Å². The molecule has 2 aliphatic rings. The second-order valence-corrected chi connectivity index (χ2v) is 11.8. The molecule has 1 N–H and O–H groups in total. The van der Waals surface area contributed by atoms with Crippen LogP contribution in [0, 0.1) is 13.8 Å². The first-order valence-corrected chi connectivity index (χ1v) is 14.8. The molecule has 3 aromatic carbocycles. The number of hydrogen-bond donors (Lipinski definition) is 1. The molecule has 0 radical (unpaired) electrons. The lowest BCUT2D eigenvalue weighted by Gasteiger charge is -2.37. The number of piperazine rings is 1. The number of nitrogens with one attached hydrogen (secondary N) is 1. The van der Waals surface area contributed by atoms with Crippen molar-refractivity contribution in [3.63, 3.8) is 0 Å². The number of aryl methyl sites for hydroxylation is 2. The van der Waals surface area contributed by atoms with Gasteiger partial charge in [-0.1, -0.05) is 30.3 Å². The lowest BCUT2D eigenvalue weighted by molar-refractivity contribution is 0.248. The van der Waals surface area contributed by atoms with E-state index in [0.29, 0.717) is 11.8 Å². The number of anilines is 3. The Bertz CT molecular complexity index is 1470. The van der Waals surface area contributed by atoms with Gasteiger partial charge in [-0.3, -0.25) is 9.11 Å². The predicted octanol–water partition coefficient (Wildman–Crippen LogP) is 6.02. The Morgan fingerprint density at radius 1 is 1.00 bits per heavy atom. The minimum atomic E-state index is -0.864. The van der Waals surface area contributed by atoms with Gasteiger partial charge >= 0.3 is 0 Å². The smallest absolute Gasteiger partial charge is 0.300 e. The molecule has 1 saturated carbocycles. The van der Waals surface area contributed by atoms with Crippen molar-refractivity contribution in [1.82, 2.24) is 9.88 Å². The first-order chi connectivity index (χ1) is 17.9. The Kier molecular flexibility index (Phi) is 6.51. The Hall–Kier alpha value is -3.16. The molecule has 0 bridgehead atoms. The average Bonchev–Trinajstić information content (AvgIpc) is 3.64. The number of oxazole rings is 1. The molecule has 1 saturated heterocycles. The summed E-state index contributed by atoms with van der Waals surface area (Å²) < 4.78 is 17.9. The Balaban J connectivity index is 1.21. The molecule has 192 valence electrons. The molecule has 1 aliphatic carbocycles. The Labute approximate surface area is 221 Å². The fourth-order valence-electron chi connectivity index (χ4n) is 5.45. The molecule has 7 heteroatoms. The van der Waals surface area contributed by atoms with Crippen molar-refractivity contribution < 1.29 is 8.63 Å². The maximum atomic E-state index is 11.7. The summed E-state index contributed by atoms with van der Waals surface area (Å²) in [6.07, 6.45) is 4.50. The number of aromatic nitrogens is 1. The molecule has 2 heterocycles. The van der Waals surface area contributed by atoms with Gasteiger partial charge in [0.25, 0.3) is 6.01 Å². The second-order valence-electron chi connectivity index (χ2n) is 10.4. The third-order valence-electron chi connectivity index (χ3n) is 7.59. The van der Waals surface area contributed by atoms with Crippen LogP contribution in [0.1, 0.15) is 29.5 Å². The van der Waals surface area contributed by atoms with Gasteiger partial charge in [-0.05, 0) is 73.2 Å². The van der Waals surface area contributed by atoms with Gasteiger partial charge in [0.2, 0.25) is 0 Å². The van der Waals surface area contributed by atoms with E-state index >= 15 is 0 Å². The van der Waals surface area contributed by atoms with Crippen molar-refractivity contribution in [3.8, 4) is 11.1 Å². The Morgan fingerprint density at radius 3 is 2.51 bits per heavy atom. The van der Waals surface area contributed by atoms with Gasteiger partial charge in [0.15, 0.2) is 5.58 Å². The van der Waals surface area contributed by atoms with E-state index < -0.39 is 10.8 Å². The van der Waals surface area contributed by atoms with Gasteiger partial charge in [-0.2, -0.15) is 4.98 Å². The molecule has 6 rings (SSSR count). The molecular weight excluding hydrogens is 480 g/mol. The zero-order valence-corrected chi connectivity index (χ0v) is 22.6. The third kappa shape index (κ3) is 5.15. The first-order valence-electron chi connectivity index (χ1n) is 13.1. The highest BCUT2D eigenvalue weighted by Gasteiger charge is 2.31. The molecule has 1 atom stereocenters.